The van der Waals surface area contributed by atoms with Gasteiger partial charge in [0.2, 0.25) is 5.91 Å². The van der Waals surface area contributed by atoms with E-state index in [9.17, 15) is 30.3 Å². The molecule has 1 aliphatic heterocycles. The highest BCUT2D eigenvalue weighted by Crippen LogP contribution is 2.24. The van der Waals surface area contributed by atoms with Crippen LogP contribution in [0.15, 0.2) is 0 Å². The molecule has 7 atom stereocenters. The number of aliphatic hydroxyl groups is 5. The van der Waals surface area contributed by atoms with E-state index >= 15 is 0 Å². The van der Waals surface area contributed by atoms with Crippen LogP contribution in [0.5, 0.6) is 0 Å². The maximum atomic E-state index is 13.1. The quantitative estimate of drug-likeness (QED) is 0.0330. The Bertz CT molecular complexity index is 1030. The molecule has 9 nitrogen and oxygen atoms in total. The minimum absolute atomic E-state index is 0.131. The second-order valence-electron chi connectivity index (χ2n) is 21.5. The molecule has 1 rings (SSSR count). The Labute approximate surface area is 421 Å². The molecule has 1 amide bonds. The van der Waals surface area contributed by atoms with Crippen molar-refractivity contribution in [3.8, 4) is 0 Å². The van der Waals surface area contributed by atoms with Crippen LogP contribution in [0.1, 0.15) is 316 Å². The summed E-state index contributed by atoms with van der Waals surface area (Å²) in [5.74, 6) is -0.136. The van der Waals surface area contributed by atoms with E-state index in [1.54, 1.807) is 0 Å². The Morgan fingerprint density at radius 1 is 0.441 bits per heavy atom. The van der Waals surface area contributed by atoms with Crippen molar-refractivity contribution in [1.29, 1.82) is 0 Å². The van der Waals surface area contributed by atoms with Crippen molar-refractivity contribution in [2.24, 2.45) is 0 Å². The largest absolute Gasteiger partial charge is 0.394 e. The number of carbonyl (C=O) groups excluding carboxylic acids is 1. The Balaban J connectivity index is 2.14. The number of aliphatic hydroxyl groups excluding tert-OH is 5. The molecule has 9 heteroatoms. The molecule has 0 aliphatic carbocycles. The maximum absolute atomic E-state index is 13.1. The van der Waals surface area contributed by atoms with Crippen molar-refractivity contribution in [2.75, 3.05) is 13.2 Å². The minimum Gasteiger partial charge on any atom is -0.394 e. The van der Waals surface area contributed by atoms with Crippen LogP contribution < -0.4 is 5.32 Å². The summed E-state index contributed by atoms with van der Waals surface area (Å²) in [6, 6.07) is -0.713. The van der Waals surface area contributed by atoms with Gasteiger partial charge in [-0.1, -0.05) is 296 Å². The fourth-order valence-corrected chi connectivity index (χ4v) is 10.2. The molecule has 0 aromatic carbocycles. The van der Waals surface area contributed by atoms with Crippen LogP contribution in [-0.2, 0) is 14.3 Å². The molecular formula is C59H117NO8. The molecule has 1 fully saturated rings. The molecule has 0 spiro atoms. The third-order valence-corrected chi connectivity index (χ3v) is 15.0. The Kier molecular flexibility index (Phi) is 47.7. The summed E-state index contributed by atoms with van der Waals surface area (Å²) in [6.45, 7) is 3.89. The van der Waals surface area contributed by atoms with E-state index in [1.807, 2.05) is 0 Å². The van der Waals surface area contributed by atoms with Crippen LogP contribution in [0.2, 0.25) is 0 Å². The van der Waals surface area contributed by atoms with E-state index in [-0.39, 0.29) is 12.5 Å². The fraction of sp³-hybridized carbons (Fsp3) is 0.983. The molecule has 0 bridgehead atoms. The first-order chi connectivity index (χ1) is 33.3. The molecule has 1 saturated heterocycles. The van der Waals surface area contributed by atoms with Gasteiger partial charge < -0.3 is 40.3 Å². The topological polar surface area (TPSA) is 149 Å². The number of rotatable bonds is 53. The Hall–Kier alpha value is -0.810. The van der Waals surface area contributed by atoms with Crippen LogP contribution in [0.3, 0.4) is 0 Å². The van der Waals surface area contributed by atoms with Gasteiger partial charge in [0.1, 0.15) is 24.4 Å². The summed E-state index contributed by atoms with van der Waals surface area (Å²) < 4.78 is 11.3. The number of ether oxygens (including phenoxy) is 2. The molecule has 0 aromatic rings. The minimum atomic E-state index is -1.55. The van der Waals surface area contributed by atoms with E-state index in [1.165, 1.54) is 250 Å². The van der Waals surface area contributed by atoms with Crippen molar-refractivity contribution in [2.45, 2.75) is 358 Å². The van der Waals surface area contributed by atoms with Gasteiger partial charge in [0, 0.05) is 6.42 Å². The molecular weight excluding hydrogens is 851 g/mol. The highest BCUT2D eigenvalue weighted by atomic mass is 16.7. The Morgan fingerprint density at radius 3 is 1.04 bits per heavy atom. The predicted molar refractivity (Wildman–Crippen MR) is 286 cm³/mol. The zero-order valence-corrected chi connectivity index (χ0v) is 45.2. The first kappa shape index (κ1) is 65.2. The number of unbranched alkanes of at least 4 members (excludes halogenated alkanes) is 43. The van der Waals surface area contributed by atoms with Crippen molar-refractivity contribution in [3.63, 3.8) is 0 Å². The van der Waals surface area contributed by atoms with E-state index in [0.29, 0.717) is 12.8 Å². The van der Waals surface area contributed by atoms with Crippen LogP contribution in [0.4, 0.5) is 0 Å². The molecule has 406 valence electrons. The summed E-state index contributed by atoms with van der Waals surface area (Å²) in [6.07, 6.45) is 52.8. The number of hydrogen-bond donors (Lipinski definition) is 6. The van der Waals surface area contributed by atoms with Gasteiger partial charge in [0.15, 0.2) is 6.29 Å². The lowest BCUT2D eigenvalue weighted by Crippen LogP contribution is -2.60. The van der Waals surface area contributed by atoms with Crippen LogP contribution >= 0.6 is 0 Å². The average Bonchev–Trinajstić information content (AvgIpc) is 3.34. The number of nitrogens with one attached hydrogen (secondary N) is 1. The summed E-state index contributed by atoms with van der Waals surface area (Å²) in [4.78, 5) is 13.1. The molecule has 7 unspecified atom stereocenters. The third kappa shape index (κ3) is 38.8. The Morgan fingerprint density at radius 2 is 0.735 bits per heavy atom. The van der Waals surface area contributed by atoms with Gasteiger partial charge in [-0.25, -0.2) is 0 Å². The second kappa shape index (κ2) is 49.8. The molecule has 68 heavy (non-hydrogen) atoms. The van der Waals surface area contributed by atoms with Crippen molar-refractivity contribution < 1.29 is 39.8 Å². The van der Waals surface area contributed by atoms with Gasteiger partial charge in [0.05, 0.1) is 25.4 Å². The first-order valence-corrected chi connectivity index (χ1v) is 30.2. The van der Waals surface area contributed by atoms with E-state index in [0.717, 1.165) is 38.5 Å². The summed E-state index contributed by atoms with van der Waals surface area (Å²) in [5, 5.41) is 54.7. The zero-order valence-electron chi connectivity index (χ0n) is 45.2. The van der Waals surface area contributed by atoms with Crippen LogP contribution in [0.25, 0.3) is 0 Å². The molecule has 0 saturated carbocycles. The molecule has 1 aliphatic rings. The van der Waals surface area contributed by atoms with E-state index in [2.05, 4.69) is 19.2 Å². The standard InChI is InChI=1S/C59H117NO8/c1-3-5-7-9-11-13-15-17-19-21-22-23-24-25-26-27-28-29-30-31-33-34-36-38-40-42-44-46-48-53(62)52(51-67-59-58(66)57(65)56(64)54(50-61)68-59)60-55(63)49-47-45-43-41-39-37-35-32-20-18-16-14-12-10-8-6-4-2/h52-54,56-59,61-62,64-66H,3-51H2,1-2H3,(H,60,63). The number of hydrogen-bond acceptors (Lipinski definition) is 8. The van der Waals surface area contributed by atoms with Gasteiger partial charge in [-0.3, -0.25) is 4.79 Å². The molecule has 0 aromatic heterocycles. The van der Waals surface area contributed by atoms with E-state index < -0.39 is 49.5 Å². The lowest BCUT2D eigenvalue weighted by Gasteiger charge is -2.40. The van der Waals surface area contributed by atoms with Gasteiger partial charge in [-0.2, -0.15) is 0 Å². The monoisotopic (exact) mass is 968 g/mol. The first-order valence-electron chi connectivity index (χ1n) is 30.2. The van der Waals surface area contributed by atoms with Crippen LogP contribution in [0, 0.1) is 0 Å². The number of carbonyl (C=O) groups is 1. The second-order valence-corrected chi connectivity index (χ2v) is 21.5. The van der Waals surface area contributed by atoms with Crippen LogP contribution in [-0.4, -0.2) is 87.5 Å². The fourth-order valence-electron chi connectivity index (χ4n) is 10.2. The highest BCUT2D eigenvalue weighted by molar-refractivity contribution is 5.76. The predicted octanol–water partition coefficient (Wildman–Crippen LogP) is 15.0. The number of amides is 1. The van der Waals surface area contributed by atoms with E-state index in [4.69, 9.17) is 9.47 Å². The van der Waals surface area contributed by atoms with Gasteiger partial charge in [0.25, 0.3) is 0 Å². The lowest BCUT2D eigenvalue weighted by atomic mass is 9.99. The summed E-state index contributed by atoms with van der Waals surface area (Å²) in [7, 11) is 0. The van der Waals surface area contributed by atoms with Gasteiger partial charge in [-0.15, -0.1) is 0 Å². The normalized spacial score (nSPS) is 19.4. The van der Waals surface area contributed by atoms with Crippen molar-refractivity contribution in [1.82, 2.24) is 5.32 Å². The summed E-state index contributed by atoms with van der Waals surface area (Å²) in [5.41, 5.74) is 0. The third-order valence-electron chi connectivity index (χ3n) is 15.0. The maximum Gasteiger partial charge on any atom is 0.220 e. The van der Waals surface area contributed by atoms with Gasteiger partial charge in [-0.05, 0) is 12.8 Å². The summed E-state index contributed by atoms with van der Waals surface area (Å²) >= 11 is 0. The molecule has 6 N–H and O–H groups in total. The molecule has 1 heterocycles. The van der Waals surface area contributed by atoms with Gasteiger partial charge >= 0.3 is 0 Å². The lowest BCUT2D eigenvalue weighted by molar-refractivity contribution is -0.302. The highest BCUT2D eigenvalue weighted by Gasteiger charge is 2.44. The average molecular weight is 969 g/mol. The zero-order chi connectivity index (χ0) is 49.4. The van der Waals surface area contributed by atoms with Crippen molar-refractivity contribution >= 4 is 5.91 Å². The van der Waals surface area contributed by atoms with Crippen molar-refractivity contribution in [3.05, 3.63) is 0 Å². The SMILES string of the molecule is CCCCCCCCCCCCCCCCCCCCCCCCCCCCCCC(O)C(COC1OC(CO)C(O)C(O)C1O)NC(=O)CCCCCCCCCCCCCCCCCCC. The smallest absolute Gasteiger partial charge is 0.220 e. The molecule has 0 radical (unpaired) electrons.